The molecule has 4 nitrogen and oxygen atoms in total. The van der Waals surface area contributed by atoms with Gasteiger partial charge in [-0.25, -0.2) is 4.98 Å². The van der Waals surface area contributed by atoms with Gasteiger partial charge in [0.1, 0.15) is 0 Å². The number of imidazole rings is 1. The van der Waals surface area contributed by atoms with Crippen molar-refractivity contribution in [1.29, 1.82) is 0 Å². The average Bonchev–Trinajstić information content (AvgIpc) is 2.94. The van der Waals surface area contributed by atoms with Crippen LogP contribution in [0, 0.1) is 0 Å². The molecule has 2 aromatic carbocycles. The number of carbonyl (C=O) groups excluding carboxylic acids is 1. The van der Waals surface area contributed by atoms with Crippen molar-refractivity contribution in [2.24, 2.45) is 0 Å². The molecule has 1 aromatic heterocycles. The van der Waals surface area contributed by atoms with E-state index in [4.69, 9.17) is 23.2 Å². The lowest BCUT2D eigenvalue weighted by atomic mass is 10.2. The summed E-state index contributed by atoms with van der Waals surface area (Å²) in [6.45, 7) is 1.35. The molecule has 0 aliphatic heterocycles. The Bertz CT molecular complexity index is 845. The van der Waals surface area contributed by atoms with Gasteiger partial charge < -0.3 is 9.88 Å². The van der Waals surface area contributed by atoms with E-state index in [0.29, 0.717) is 22.2 Å². The molecule has 0 saturated carbocycles. The summed E-state index contributed by atoms with van der Waals surface area (Å²) >= 11 is 11.9. The fourth-order valence-corrected chi connectivity index (χ4v) is 2.90. The summed E-state index contributed by atoms with van der Waals surface area (Å²) in [5.74, 6) is -0.192. The van der Waals surface area contributed by atoms with Crippen LogP contribution >= 0.6 is 23.2 Å². The lowest BCUT2D eigenvalue weighted by Crippen LogP contribution is -2.25. The van der Waals surface area contributed by atoms with Crippen LogP contribution in [0.4, 0.5) is 0 Å². The second kappa shape index (κ2) is 7.02. The third-order valence-corrected chi connectivity index (χ3v) is 4.11. The van der Waals surface area contributed by atoms with E-state index in [0.717, 1.165) is 24.0 Å². The van der Waals surface area contributed by atoms with Crippen LogP contribution in [0.1, 0.15) is 16.8 Å². The zero-order chi connectivity index (χ0) is 16.2. The quantitative estimate of drug-likeness (QED) is 0.704. The van der Waals surface area contributed by atoms with Crippen LogP contribution in [0.3, 0.4) is 0 Å². The van der Waals surface area contributed by atoms with E-state index in [1.165, 1.54) is 0 Å². The normalized spacial score (nSPS) is 10.9. The third-order valence-electron chi connectivity index (χ3n) is 3.56. The fraction of sp³-hybridized carbons (Fsp3) is 0.176. The number of hydrogen-bond acceptors (Lipinski definition) is 2. The predicted octanol–water partition coefficient (Wildman–Crippen LogP) is 4.16. The number of aryl methyl sites for hydroxylation is 1. The Morgan fingerprint density at radius 1 is 1.17 bits per heavy atom. The Morgan fingerprint density at radius 2 is 2.00 bits per heavy atom. The van der Waals surface area contributed by atoms with Gasteiger partial charge in [-0.15, -0.1) is 0 Å². The lowest BCUT2D eigenvalue weighted by Gasteiger charge is -2.08. The summed E-state index contributed by atoms with van der Waals surface area (Å²) in [6, 6.07) is 12.8. The Morgan fingerprint density at radius 3 is 2.83 bits per heavy atom. The molecule has 1 heterocycles. The van der Waals surface area contributed by atoms with Crippen molar-refractivity contribution in [3.05, 3.63) is 64.4 Å². The van der Waals surface area contributed by atoms with Crippen molar-refractivity contribution < 1.29 is 4.79 Å². The number of aromatic nitrogens is 2. The smallest absolute Gasteiger partial charge is 0.252 e. The molecule has 0 aliphatic carbocycles. The summed E-state index contributed by atoms with van der Waals surface area (Å²) in [7, 11) is 0. The molecular weight excluding hydrogens is 333 g/mol. The van der Waals surface area contributed by atoms with E-state index >= 15 is 0 Å². The molecule has 0 unspecified atom stereocenters. The molecule has 118 valence electrons. The van der Waals surface area contributed by atoms with E-state index in [2.05, 4.69) is 14.9 Å². The maximum Gasteiger partial charge on any atom is 0.252 e. The average molecular weight is 348 g/mol. The lowest BCUT2D eigenvalue weighted by molar-refractivity contribution is 0.0953. The van der Waals surface area contributed by atoms with Crippen molar-refractivity contribution in [2.45, 2.75) is 13.0 Å². The van der Waals surface area contributed by atoms with Gasteiger partial charge in [0.2, 0.25) is 0 Å². The van der Waals surface area contributed by atoms with Gasteiger partial charge in [0.25, 0.3) is 5.91 Å². The van der Waals surface area contributed by atoms with E-state index in [1.807, 2.05) is 30.6 Å². The molecule has 6 heteroatoms. The first-order chi connectivity index (χ1) is 11.1. The minimum atomic E-state index is -0.192. The SMILES string of the molecule is O=C(NCCCn1cnc2ccccc21)c1ccc(Cl)cc1Cl. The molecule has 0 fully saturated rings. The van der Waals surface area contributed by atoms with Crippen molar-refractivity contribution in [3.8, 4) is 0 Å². The molecule has 0 radical (unpaired) electrons. The second-order valence-corrected chi connectivity index (χ2v) is 6.00. The third kappa shape index (κ3) is 3.66. The highest BCUT2D eigenvalue weighted by Crippen LogP contribution is 2.20. The number of halogens is 2. The second-order valence-electron chi connectivity index (χ2n) is 5.16. The van der Waals surface area contributed by atoms with E-state index < -0.39 is 0 Å². The number of nitrogens with zero attached hydrogens (tertiary/aromatic N) is 2. The number of nitrogens with one attached hydrogen (secondary N) is 1. The van der Waals surface area contributed by atoms with Gasteiger partial charge in [0.15, 0.2) is 0 Å². The highest BCUT2D eigenvalue weighted by Gasteiger charge is 2.10. The molecule has 0 bridgehead atoms. The van der Waals surface area contributed by atoms with Crippen LogP contribution in [-0.4, -0.2) is 22.0 Å². The Kier molecular flexibility index (Phi) is 4.84. The first kappa shape index (κ1) is 15.8. The zero-order valence-corrected chi connectivity index (χ0v) is 13.8. The topological polar surface area (TPSA) is 46.9 Å². The van der Waals surface area contributed by atoms with Crippen LogP contribution < -0.4 is 5.32 Å². The molecule has 0 aliphatic rings. The summed E-state index contributed by atoms with van der Waals surface area (Å²) < 4.78 is 2.08. The van der Waals surface area contributed by atoms with Crippen LogP contribution in [0.2, 0.25) is 10.0 Å². The number of amides is 1. The van der Waals surface area contributed by atoms with Crippen LogP contribution in [0.5, 0.6) is 0 Å². The van der Waals surface area contributed by atoms with E-state index in [-0.39, 0.29) is 5.91 Å². The predicted molar refractivity (Wildman–Crippen MR) is 93.1 cm³/mol. The summed E-state index contributed by atoms with van der Waals surface area (Å²) in [5.41, 5.74) is 2.51. The monoisotopic (exact) mass is 347 g/mol. The minimum absolute atomic E-state index is 0.192. The Hall–Kier alpha value is -2.04. The summed E-state index contributed by atoms with van der Waals surface area (Å²) in [4.78, 5) is 16.4. The molecule has 1 amide bonds. The zero-order valence-electron chi connectivity index (χ0n) is 12.3. The standard InChI is InChI=1S/C17H15Cl2N3O/c18-12-6-7-13(14(19)10-12)17(23)20-8-3-9-22-11-21-15-4-1-2-5-16(15)22/h1-2,4-7,10-11H,3,8-9H2,(H,20,23). The number of para-hydroxylation sites is 2. The fourth-order valence-electron chi connectivity index (χ4n) is 2.41. The van der Waals surface area contributed by atoms with Gasteiger partial charge >= 0.3 is 0 Å². The maximum atomic E-state index is 12.1. The maximum absolute atomic E-state index is 12.1. The molecule has 3 aromatic rings. The van der Waals surface area contributed by atoms with E-state index in [1.54, 1.807) is 18.2 Å². The van der Waals surface area contributed by atoms with Gasteiger partial charge in [0.05, 0.1) is 27.9 Å². The first-order valence-electron chi connectivity index (χ1n) is 7.28. The molecule has 1 N–H and O–H groups in total. The van der Waals surface area contributed by atoms with Gasteiger partial charge in [-0.05, 0) is 36.8 Å². The van der Waals surface area contributed by atoms with Gasteiger partial charge in [-0.1, -0.05) is 35.3 Å². The molecule has 0 atom stereocenters. The highest BCUT2D eigenvalue weighted by molar-refractivity contribution is 6.36. The van der Waals surface area contributed by atoms with Crippen molar-refractivity contribution in [3.63, 3.8) is 0 Å². The number of hydrogen-bond donors (Lipinski definition) is 1. The molecule has 3 rings (SSSR count). The van der Waals surface area contributed by atoms with Gasteiger partial charge in [-0.3, -0.25) is 4.79 Å². The first-order valence-corrected chi connectivity index (χ1v) is 8.04. The Labute approximate surface area is 144 Å². The van der Waals surface area contributed by atoms with Gasteiger partial charge in [0, 0.05) is 18.1 Å². The van der Waals surface area contributed by atoms with Crippen LogP contribution in [0.15, 0.2) is 48.8 Å². The number of rotatable bonds is 5. The molecular formula is C17H15Cl2N3O. The highest BCUT2D eigenvalue weighted by atomic mass is 35.5. The molecule has 0 spiro atoms. The number of fused-ring (bicyclic) bond motifs is 1. The molecule has 0 saturated heterocycles. The summed E-state index contributed by atoms with van der Waals surface area (Å²) in [5, 5.41) is 3.74. The molecule has 23 heavy (non-hydrogen) atoms. The van der Waals surface area contributed by atoms with Crippen LogP contribution in [-0.2, 0) is 6.54 Å². The van der Waals surface area contributed by atoms with Crippen molar-refractivity contribution in [2.75, 3.05) is 6.54 Å². The minimum Gasteiger partial charge on any atom is -0.352 e. The summed E-state index contributed by atoms with van der Waals surface area (Å²) in [6.07, 6.45) is 2.62. The largest absolute Gasteiger partial charge is 0.352 e. The number of benzene rings is 2. The van der Waals surface area contributed by atoms with Crippen molar-refractivity contribution in [1.82, 2.24) is 14.9 Å². The van der Waals surface area contributed by atoms with Crippen molar-refractivity contribution >= 4 is 40.1 Å². The number of carbonyl (C=O) groups is 1. The van der Waals surface area contributed by atoms with E-state index in [9.17, 15) is 4.79 Å². The van der Waals surface area contributed by atoms with Gasteiger partial charge in [-0.2, -0.15) is 0 Å². The Balaban J connectivity index is 1.54. The van der Waals surface area contributed by atoms with Crippen LogP contribution in [0.25, 0.3) is 11.0 Å².